The van der Waals surface area contributed by atoms with Crippen LogP contribution in [0.25, 0.3) is 0 Å². The fourth-order valence-electron chi connectivity index (χ4n) is 2.35. The maximum atomic E-state index is 12.1. The molecule has 0 bridgehead atoms. The summed E-state index contributed by atoms with van der Waals surface area (Å²) in [7, 11) is 1.34. The SMILES string of the molecule is COC(=O)[C@H](Cc1ccccc1)NC(=O)N1CCCC1. The molecule has 1 aliphatic heterocycles. The molecule has 1 saturated heterocycles. The smallest absolute Gasteiger partial charge is 0.328 e. The third-order valence-electron chi connectivity index (χ3n) is 3.46. The van der Waals surface area contributed by atoms with Crippen LogP contribution < -0.4 is 5.32 Å². The molecule has 1 aromatic carbocycles. The van der Waals surface area contributed by atoms with E-state index in [0.717, 1.165) is 31.5 Å². The molecule has 1 fully saturated rings. The number of esters is 1. The molecule has 1 heterocycles. The van der Waals surface area contributed by atoms with Crippen molar-refractivity contribution in [2.24, 2.45) is 0 Å². The number of nitrogens with one attached hydrogen (secondary N) is 1. The van der Waals surface area contributed by atoms with Gasteiger partial charge in [0.1, 0.15) is 6.04 Å². The van der Waals surface area contributed by atoms with Crippen molar-refractivity contribution in [3.8, 4) is 0 Å². The van der Waals surface area contributed by atoms with Gasteiger partial charge in [0.05, 0.1) is 7.11 Å². The van der Waals surface area contributed by atoms with E-state index >= 15 is 0 Å². The lowest BCUT2D eigenvalue weighted by atomic mass is 10.1. The highest BCUT2D eigenvalue weighted by molar-refractivity contribution is 5.83. The molecule has 1 aromatic rings. The van der Waals surface area contributed by atoms with Gasteiger partial charge in [-0.3, -0.25) is 0 Å². The summed E-state index contributed by atoms with van der Waals surface area (Å²) in [5.74, 6) is -0.415. The third kappa shape index (κ3) is 3.73. The molecule has 1 aliphatic rings. The summed E-state index contributed by atoms with van der Waals surface area (Å²) in [5.41, 5.74) is 0.990. The van der Waals surface area contributed by atoms with Crippen LogP contribution in [0, 0.1) is 0 Å². The van der Waals surface area contributed by atoms with Gasteiger partial charge in [0.2, 0.25) is 0 Å². The number of nitrogens with zero attached hydrogens (tertiary/aromatic N) is 1. The third-order valence-corrected chi connectivity index (χ3v) is 3.46. The Bertz CT molecular complexity index is 455. The molecule has 108 valence electrons. The lowest BCUT2D eigenvalue weighted by molar-refractivity contribution is -0.142. The Balaban J connectivity index is 2.00. The average molecular weight is 276 g/mol. The zero-order chi connectivity index (χ0) is 14.4. The van der Waals surface area contributed by atoms with E-state index in [1.54, 1.807) is 4.90 Å². The van der Waals surface area contributed by atoms with Crippen LogP contribution >= 0.6 is 0 Å². The molecule has 20 heavy (non-hydrogen) atoms. The number of amides is 2. The highest BCUT2D eigenvalue weighted by Gasteiger charge is 2.25. The van der Waals surface area contributed by atoms with Gasteiger partial charge in [0, 0.05) is 19.5 Å². The normalized spacial score (nSPS) is 15.8. The van der Waals surface area contributed by atoms with Crippen molar-refractivity contribution in [3.63, 3.8) is 0 Å². The number of rotatable bonds is 4. The number of methoxy groups -OCH3 is 1. The van der Waals surface area contributed by atoms with Crippen molar-refractivity contribution < 1.29 is 14.3 Å². The quantitative estimate of drug-likeness (QED) is 0.849. The zero-order valence-electron chi connectivity index (χ0n) is 11.7. The summed E-state index contributed by atoms with van der Waals surface area (Å²) in [6, 6.07) is 8.76. The standard InChI is InChI=1S/C15H20N2O3/c1-20-14(18)13(11-12-7-3-2-4-8-12)16-15(19)17-9-5-6-10-17/h2-4,7-8,13H,5-6,9-11H2,1H3,(H,16,19)/t13-/m0/s1. The largest absolute Gasteiger partial charge is 0.467 e. The predicted molar refractivity (Wildman–Crippen MR) is 75.3 cm³/mol. The first-order valence-electron chi connectivity index (χ1n) is 6.88. The van der Waals surface area contributed by atoms with Gasteiger partial charge in [-0.2, -0.15) is 0 Å². The average Bonchev–Trinajstić information content (AvgIpc) is 3.01. The van der Waals surface area contributed by atoms with E-state index in [4.69, 9.17) is 4.74 Å². The summed E-state index contributed by atoms with van der Waals surface area (Å²) in [6.45, 7) is 1.51. The molecular formula is C15H20N2O3. The molecular weight excluding hydrogens is 256 g/mol. The fraction of sp³-hybridized carbons (Fsp3) is 0.467. The zero-order valence-corrected chi connectivity index (χ0v) is 11.7. The van der Waals surface area contributed by atoms with Crippen LogP contribution in [0.3, 0.4) is 0 Å². The molecule has 0 radical (unpaired) electrons. The number of ether oxygens (including phenoxy) is 1. The molecule has 0 aliphatic carbocycles. The van der Waals surface area contributed by atoms with Crippen molar-refractivity contribution in [3.05, 3.63) is 35.9 Å². The number of carbonyl (C=O) groups is 2. The van der Waals surface area contributed by atoms with Crippen LogP contribution in [0.15, 0.2) is 30.3 Å². The molecule has 2 amide bonds. The van der Waals surface area contributed by atoms with Gasteiger partial charge < -0.3 is 15.0 Å². The minimum atomic E-state index is -0.643. The lowest BCUT2D eigenvalue weighted by Gasteiger charge is -2.21. The molecule has 5 heteroatoms. The Morgan fingerprint density at radius 3 is 2.50 bits per heavy atom. The van der Waals surface area contributed by atoms with Crippen LogP contribution in [-0.4, -0.2) is 43.1 Å². The van der Waals surface area contributed by atoms with E-state index < -0.39 is 12.0 Å². The number of likely N-dealkylation sites (tertiary alicyclic amines) is 1. The van der Waals surface area contributed by atoms with E-state index in [-0.39, 0.29) is 6.03 Å². The van der Waals surface area contributed by atoms with Crippen LogP contribution in [0.2, 0.25) is 0 Å². The number of hydrogen-bond acceptors (Lipinski definition) is 3. The van der Waals surface area contributed by atoms with Gasteiger partial charge in [0.25, 0.3) is 0 Å². The van der Waals surface area contributed by atoms with E-state index in [0.29, 0.717) is 6.42 Å². The van der Waals surface area contributed by atoms with Gasteiger partial charge in [-0.15, -0.1) is 0 Å². The van der Waals surface area contributed by atoms with Crippen LogP contribution in [0.4, 0.5) is 4.79 Å². The second-order valence-electron chi connectivity index (χ2n) is 4.91. The Morgan fingerprint density at radius 1 is 1.25 bits per heavy atom. The predicted octanol–water partition coefficient (Wildman–Crippen LogP) is 1.58. The highest BCUT2D eigenvalue weighted by atomic mass is 16.5. The van der Waals surface area contributed by atoms with Crippen molar-refractivity contribution in [2.45, 2.75) is 25.3 Å². The molecule has 0 aromatic heterocycles. The van der Waals surface area contributed by atoms with E-state index in [1.165, 1.54) is 7.11 Å². The number of hydrogen-bond donors (Lipinski definition) is 1. The molecule has 0 saturated carbocycles. The maximum absolute atomic E-state index is 12.1. The lowest BCUT2D eigenvalue weighted by Crippen LogP contribution is -2.48. The summed E-state index contributed by atoms with van der Waals surface area (Å²) >= 11 is 0. The molecule has 0 spiro atoms. The molecule has 1 atom stereocenters. The Morgan fingerprint density at radius 2 is 1.90 bits per heavy atom. The number of urea groups is 1. The summed E-state index contributed by atoms with van der Waals surface area (Å²) in [5, 5.41) is 2.77. The molecule has 1 N–H and O–H groups in total. The second kappa shape index (κ2) is 6.93. The summed E-state index contributed by atoms with van der Waals surface area (Å²) in [4.78, 5) is 25.6. The van der Waals surface area contributed by atoms with Crippen LogP contribution in [0.5, 0.6) is 0 Å². The van der Waals surface area contributed by atoms with Crippen molar-refractivity contribution in [2.75, 3.05) is 20.2 Å². The second-order valence-corrected chi connectivity index (χ2v) is 4.91. The number of carbonyl (C=O) groups excluding carboxylic acids is 2. The van der Waals surface area contributed by atoms with Gasteiger partial charge in [0.15, 0.2) is 0 Å². The first kappa shape index (κ1) is 14.4. The molecule has 0 unspecified atom stereocenters. The minimum Gasteiger partial charge on any atom is -0.467 e. The van der Waals surface area contributed by atoms with Crippen LogP contribution in [0.1, 0.15) is 18.4 Å². The first-order chi connectivity index (χ1) is 9.70. The monoisotopic (exact) mass is 276 g/mol. The maximum Gasteiger partial charge on any atom is 0.328 e. The molecule has 5 nitrogen and oxygen atoms in total. The van der Waals surface area contributed by atoms with E-state index in [1.807, 2.05) is 30.3 Å². The van der Waals surface area contributed by atoms with Crippen molar-refractivity contribution >= 4 is 12.0 Å². The van der Waals surface area contributed by atoms with Gasteiger partial charge in [-0.1, -0.05) is 30.3 Å². The van der Waals surface area contributed by atoms with Gasteiger partial charge >= 0.3 is 12.0 Å². The van der Waals surface area contributed by atoms with E-state index in [9.17, 15) is 9.59 Å². The van der Waals surface area contributed by atoms with Gasteiger partial charge in [-0.25, -0.2) is 9.59 Å². The molecule has 2 rings (SSSR count). The van der Waals surface area contributed by atoms with Crippen molar-refractivity contribution in [1.82, 2.24) is 10.2 Å². The number of benzene rings is 1. The van der Waals surface area contributed by atoms with E-state index in [2.05, 4.69) is 5.32 Å². The fourth-order valence-corrected chi connectivity index (χ4v) is 2.35. The Labute approximate surface area is 118 Å². The topological polar surface area (TPSA) is 58.6 Å². The summed E-state index contributed by atoms with van der Waals surface area (Å²) < 4.78 is 4.78. The van der Waals surface area contributed by atoms with Crippen LogP contribution in [-0.2, 0) is 16.0 Å². The highest BCUT2D eigenvalue weighted by Crippen LogP contribution is 2.09. The minimum absolute atomic E-state index is 0.186. The first-order valence-corrected chi connectivity index (χ1v) is 6.88. The Kier molecular flexibility index (Phi) is 4.98. The Hall–Kier alpha value is -2.04. The van der Waals surface area contributed by atoms with Crippen molar-refractivity contribution in [1.29, 1.82) is 0 Å². The van der Waals surface area contributed by atoms with Gasteiger partial charge in [-0.05, 0) is 18.4 Å². The summed E-state index contributed by atoms with van der Waals surface area (Å²) in [6.07, 6.45) is 2.48.